The summed E-state index contributed by atoms with van der Waals surface area (Å²) < 4.78 is 40.8. The summed E-state index contributed by atoms with van der Waals surface area (Å²) in [4.78, 5) is 120. The van der Waals surface area contributed by atoms with Crippen LogP contribution >= 0.6 is 7.26 Å². The molecule has 0 aromatic carbocycles. The fourth-order valence-corrected chi connectivity index (χ4v) is 31.0. The van der Waals surface area contributed by atoms with Crippen molar-refractivity contribution in [2.24, 2.45) is 0 Å². The van der Waals surface area contributed by atoms with Gasteiger partial charge in [-0.1, -0.05) is 143 Å². The van der Waals surface area contributed by atoms with Gasteiger partial charge in [-0.2, -0.15) is 0 Å². The number of Topliss-reactive ketones (excluding diaryl/α,β-unsaturated/α-hetero) is 1. The number of ether oxygens (including phenoxy) is 4. The highest BCUT2D eigenvalue weighted by molar-refractivity contribution is 7.75. The van der Waals surface area contributed by atoms with E-state index in [1.54, 1.807) is 0 Å². The molecule has 5 rings (SSSR count). The highest BCUT2D eigenvalue weighted by atomic mass is 35.5. The molecule has 2 aromatic rings. The van der Waals surface area contributed by atoms with Crippen LogP contribution in [-0.2, 0) is 51.8 Å². The van der Waals surface area contributed by atoms with Crippen molar-refractivity contribution in [1.29, 1.82) is 0 Å². The number of nitrogens with zero attached hydrogens (tertiary/aromatic N) is 3. The van der Waals surface area contributed by atoms with Crippen molar-refractivity contribution < 1.29 is 86.8 Å². The molecular weight excluding hydrogens is 1340 g/mol. The summed E-state index contributed by atoms with van der Waals surface area (Å²) in [5.41, 5.74) is -0.701. The number of aromatic nitrogens is 4. The normalized spacial score (nSPS) is 21.0. The lowest BCUT2D eigenvalue weighted by atomic mass is 10.1. The van der Waals surface area contributed by atoms with E-state index < -0.39 is 121 Å². The minimum Gasteiger partial charge on any atom is -1.00 e. The Bertz CT molecular complexity index is 2970. The van der Waals surface area contributed by atoms with E-state index in [-0.39, 0.29) is 108 Å². The second-order valence-corrected chi connectivity index (χ2v) is 43.4. The maximum atomic E-state index is 13.7. The zero-order valence-corrected chi connectivity index (χ0v) is 65.4. The van der Waals surface area contributed by atoms with Crippen LogP contribution in [0.4, 0.5) is 0 Å². The Balaban J connectivity index is 0.000000664. The molecule has 8 atom stereocenters. The highest BCUT2D eigenvalue weighted by Gasteiger charge is 2.57. The number of aliphatic hydroxyl groups is 2. The number of halogens is 2. The second kappa shape index (κ2) is 43.0. The van der Waals surface area contributed by atoms with Gasteiger partial charge in [0.1, 0.15) is 30.2 Å². The van der Waals surface area contributed by atoms with Crippen molar-refractivity contribution in [3.05, 3.63) is 78.0 Å². The van der Waals surface area contributed by atoms with Crippen LogP contribution in [0, 0.1) is 0 Å². The maximum absolute atomic E-state index is 13.7. The number of carbonyl (C=O) groups excluding carboxylic acids is 5. The number of aliphatic hydroxyl groups excluding tert-OH is 2. The average Bonchev–Trinajstić information content (AvgIpc) is 1.70. The summed E-state index contributed by atoms with van der Waals surface area (Å²) in [5, 5.41) is 23.4. The zero-order chi connectivity index (χ0) is 71.0. The van der Waals surface area contributed by atoms with Gasteiger partial charge in [-0.15, -0.1) is 0 Å². The first-order chi connectivity index (χ1) is 45.0. The minimum atomic E-state index is -2.63. The van der Waals surface area contributed by atoms with Crippen molar-refractivity contribution >= 4 is 53.4 Å². The van der Waals surface area contributed by atoms with Crippen LogP contribution < -0.4 is 52.6 Å². The first-order valence-corrected chi connectivity index (χ1v) is 42.3. The van der Waals surface area contributed by atoms with Gasteiger partial charge in [-0.05, 0) is 71.8 Å². The SMILES string of the molecule is CCCCNC(=O)CCC(=O)CCC(=O)O[C@@H]1C(O[Si](C(C)C)(C(C)C)C(C)C)[C@H](n2ccc(=O)[nH]c2=O)O[C@@H]1CO.CCCC[P+](CCCC)(CCCC)CCCN1C(=O)CCC1=CCC(=O)O[C@@H]1C(O[Si](C(C)C)(C(C)C)C(C)C)[C@H](n2ccc(=O)[nH]c2=O)O[C@@H]1CO.[Cl-].[Cl-]. The van der Waals surface area contributed by atoms with Gasteiger partial charge in [-0.3, -0.25) is 52.7 Å². The summed E-state index contributed by atoms with van der Waals surface area (Å²) in [6.45, 7) is 34.5. The van der Waals surface area contributed by atoms with Crippen LogP contribution in [0.1, 0.15) is 226 Å². The van der Waals surface area contributed by atoms with Crippen molar-refractivity contribution in [3.63, 3.8) is 0 Å². The smallest absolute Gasteiger partial charge is 0.330 e. The number of nitrogens with one attached hydrogen (secondary N) is 3. The Morgan fingerprint density at radius 3 is 1.37 bits per heavy atom. The molecule has 2 unspecified atom stereocenters. The molecule has 97 heavy (non-hydrogen) atoms. The number of aromatic amines is 2. The quantitative estimate of drug-likeness (QED) is 0.0264. The number of ketones is 1. The monoisotopic (exact) mass is 1460 g/mol. The molecule has 2 amide bonds. The van der Waals surface area contributed by atoms with E-state index in [4.69, 9.17) is 27.8 Å². The highest BCUT2D eigenvalue weighted by Crippen LogP contribution is 2.61. The molecule has 0 bridgehead atoms. The Hall–Kier alpha value is -4.15. The van der Waals surface area contributed by atoms with Crippen LogP contribution in [0.5, 0.6) is 0 Å². The van der Waals surface area contributed by atoms with Gasteiger partial charge in [-0.25, -0.2) is 9.59 Å². The van der Waals surface area contributed by atoms with Crippen LogP contribution in [0.15, 0.2) is 55.5 Å². The summed E-state index contributed by atoms with van der Waals surface area (Å²) in [6.07, 6.45) is 12.7. The zero-order valence-electron chi connectivity index (χ0n) is 61.0. The first-order valence-electron chi connectivity index (χ1n) is 35.5. The Kier molecular flexibility index (Phi) is 39.4. The third-order valence-electron chi connectivity index (χ3n) is 19.6. The number of unbranched alkanes of at least 4 members (excludes halogenated alkanes) is 4. The van der Waals surface area contributed by atoms with E-state index in [0.717, 1.165) is 25.0 Å². The fourth-order valence-electron chi connectivity index (χ4n) is 14.8. The number of rotatable bonds is 40. The van der Waals surface area contributed by atoms with Crippen LogP contribution in [0.2, 0.25) is 33.2 Å². The molecule has 5 heterocycles. The van der Waals surface area contributed by atoms with Crippen molar-refractivity contribution in [1.82, 2.24) is 29.3 Å². The number of hydrogen-bond acceptors (Lipinski definition) is 17. The third-order valence-corrected chi connectivity index (χ3v) is 36.9. The predicted octanol–water partition coefficient (Wildman–Crippen LogP) is 4.56. The van der Waals surface area contributed by atoms with E-state index in [2.05, 4.69) is 119 Å². The molecule has 28 heteroatoms. The molecule has 23 nitrogen and oxygen atoms in total. The topological polar surface area (TPSA) is 306 Å². The maximum Gasteiger partial charge on any atom is 0.330 e. The standard InChI is InChI=1S/C40H70N3O8PSi.C29H49N3O9Si.2ClH/c1-10-13-24-52(25-14-11-2,26-15-12-3)27-16-22-42-32(17-19-35(42)46)18-20-36(47)50-37-33(28-44)49-39(43-23-21-34(45)41-40(43)48)38(37)51-53(29(4)5,30(6)7)31(8)9;1-8-9-15-30-23(35)12-10-21(34)11-13-25(37)40-26-22(17-33)39-28(32-16-14-24(36)31-29(32)38)27(26)41-42(18(2)3,19(4)5)20(6)7;;/h18,21,23,29-31,33,37-39,44H,10-17,19-20,22,24-28H2,1-9H3;14,16,18-20,22,26-28,33H,8-13,15,17H2,1-7H3,(H,30,35)(H,31,36,38);2*1H/p-1/t33-,37+,38?,39-;22-,26+,27?,28-;;/m11../s1. The van der Waals surface area contributed by atoms with Gasteiger partial charge in [0.25, 0.3) is 11.1 Å². The van der Waals surface area contributed by atoms with Gasteiger partial charge in [0, 0.05) is 76.3 Å². The van der Waals surface area contributed by atoms with E-state index >= 15 is 0 Å². The number of carbonyl (C=O) groups is 5. The summed E-state index contributed by atoms with van der Waals surface area (Å²) in [6, 6.07) is 2.42. The number of allylic oxidation sites excluding steroid dienone is 1. The Morgan fingerprint density at radius 1 is 0.577 bits per heavy atom. The lowest BCUT2D eigenvalue weighted by Crippen LogP contribution is -3.00. The van der Waals surface area contributed by atoms with Crippen molar-refractivity contribution in [3.8, 4) is 0 Å². The molecule has 3 saturated heterocycles. The van der Waals surface area contributed by atoms with Crippen molar-refractivity contribution in [2.75, 3.05) is 51.0 Å². The average molecular weight is 1460 g/mol. The Labute approximate surface area is 591 Å². The predicted molar refractivity (Wildman–Crippen MR) is 377 cm³/mol. The molecule has 0 radical (unpaired) electrons. The number of H-pyrrole nitrogens is 2. The third kappa shape index (κ3) is 24.3. The lowest BCUT2D eigenvalue weighted by molar-refractivity contribution is -0.157. The number of likely N-dealkylation sites (tertiary alicyclic amines) is 1. The molecule has 2 aromatic heterocycles. The number of amides is 2. The largest absolute Gasteiger partial charge is 1.00 e. The van der Waals surface area contributed by atoms with Gasteiger partial charge >= 0.3 is 23.3 Å². The van der Waals surface area contributed by atoms with Crippen LogP contribution in [0.3, 0.4) is 0 Å². The number of esters is 2. The lowest BCUT2D eigenvalue weighted by Gasteiger charge is -2.45. The molecule has 556 valence electrons. The first kappa shape index (κ1) is 88.9. The van der Waals surface area contributed by atoms with Crippen LogP contribution in [-0.4, -0.2) is 168 Å². The van der Waals surface area contributed by atoms with Gasteiger partial charge in [0.2, 0.25) is 28.4 Å². The van der Waals surface area contributed by atoms with Gasteiger partial charge in [0.15, 0.2) is 24.7 Å². The molecule has 3 aliphatic heterocycles. The molecule has 5 N–H and O–H groups in total. The van der Waals surface area contributed by atoms with Gasteiger partial charge < -0.3 is 73.0 Å². The molecule has 0 saturated carbocycles. The van der Waals surface area contributed by atoms with Crippen molar-refractivity contribution in [2.45, 2.75) is 296 Å². The molecule has 0 spiro atoms. The molecule has 3 fully saturated rings. The van der Waals surface area contributed by atoms with E-state index in [0.29, 0.717) is 25.9 Å². The molecule has 3 aliphatic rings. The minimum absolute atomic E-state index is 0. The fraction of sp³-hybridized carbons (Fsp3) is 0.783. The summed E-state index contributed by atoms with van der Waals surface area (Å²) in [5.74, 6) is -1.55. The van der Waals surface area contributed by atoms with Gasteiger partial charge in [0.05, 0.1) is 50.7 Å². The van der Waals surface area contributed by atoms with Crippen LogP contribution in [0.25, 0.3) is 0 Å². The van der Waals surface area contributed by atoms with E-state index in [1.807, 2.05) is 17.9 Å². The molecular formula is C69H120Cl2N6O17PSi2-. The van der Waals surface area contributed by atoms with E-state index in [1.165, 1.54) is 96.8 Å². The number of hydrogen-bond donors (Lipinski definition) is 5. The second-order valence-electron chi connectivity index (χ2n) is 28.1. The summed E-state index contributed by atoms with van der Waals surface area (Å²) >= 11 is 0. The Morgan fingerprint density at radius 2 is 0.979 bits per heavy atom. The molecule has 0 aliphatic carbocycles. The summed E-state index contributed by atoms with van der Waals surface area (Å²) in [7, 11) is -6.35. The van der Waals surface area contributed by atoms with E-state index in [9.17, 15) is 53.4 Å².